The van der Waals surface area contributed by atoms with Gasteiger partial charge in [-0.3, -0.25) is 0 Å². The zero-order valence-electron chi connectivity index (χ0n) is 6.52. The van der Waals surface area contributed by atoms with E-state index in [0.717, 1.165) is 6.29 Å². The first kappa shape index (κ1) is 10.4. The molecule has 0 aromatic carbocycles. The second kappa shape index (κ2) is 9.64. The molecule has 0 fully saturated rings. The van der Waals surface area contributed by atoms with E-state index < -0.39 is 0 Å². The summed E-state index contributed by atoms with van der Waals surface area (Å²) < 4.78 is 4.61. The van der Waals surface area contributed by atoms with Gasteiger partial charge < -0.3 is 12.4 Å². The van der Waals surface area contributed by atoms with Crippen LogP contribution in [0, 0.1) is 0 Å². The fourth-order valence-electron chi connectivity index (χ4n) is 0.166. The Labute approximate surface area is 62.3 Å². The molecule has 7 heavy (non-hydrogen) atoms. The van der Waals surface area contributed by atoms with Gasteiger partial charge in [0.25, 0.3) is 0 Å². The van der Waals surface area contributed by atoms with Crippen LogP contribution in [0.5, 0.6) is 0 Å². The average molecular weight is 114 g/mol. The molecule has 0 aliphatic carbocycles. The van der Waals surface area contributed by atoms with E-state index in [2.05, 4.69) is 4.74 Å². The Morgan fingerprint density at radius 2 is 2.43 bits per heavy atom. The van der Waals surface area contributed by atoms with Crippen LogP contribution in [0.3, 0.4) is 0 Å². The van der Waals surface area contributed by atoms with Crippen LogP contribution in [0.25, 0.3) is 0 Å². The predicted octanol–water partition coefficient (Wildman–Crippen LogP) is 0.0660. The van der Waals surface area contributed by atoms with Gasteiger partial charge in [0, 0.05) is 6.61 Å². The van der Waals surface area contributed by atoms with E-state index in [1.807, 2.05) is 6.92 Å². The minimum absolute atomic E-state index is 0. The molecule has 0 spiro atoms. The summed E-state index contributed by atoms with van der Waals surface area (Å²) in [6, 6.07) is 0. The molecule has 0 heterocycles. The minimum atomic E-state index is 0. The van der Waals surface area contributed by atoms with Crippen LogP contribution in [-0.4, -0.2) is 42.6 Å². The Bertz CT molecular complexity index is 45.5. The van der Waals surface area contributed by atoms with Gasteiger partial charge in [0.2, 0.25) is 0 Å². The van der Waals surface area contributed by atoms with Crippen molar-refractivity contribution in [2.24, 2.45) is 0 Å². The van der Waals surface area contributed by atoms with Crippen molar-refractivity contribution >= 4 is 29.3 Å². The average Bonchev–Trinajstić information content (AvgIpc) is 1.61. The molecule has 0 saturated carbocycles. The molecule has 0 atom stereocenters. The van der Waals surface area contributed by atoms with Crippen LogP contribution in [-0.2, 0) is 9.53 Å². The third-order valence-corrected chi connectivity index (χ3v) is 0.390. The summed E-state index contributed by atoms with van der Waals surface area (Å²) >= 11 is 0. The largest absolute Gasteiger partial charge is 2.00 e. The molecule has 3 heteroatoms. The van der Waals surface area contributed by atoms with Gasteiger partial charge in [-0.05, 0) is 6.92 Å². The molecular weight excluding hydrogens is 104 g/mol. The molecule has 40 valence electrons. The Balaban J connectivity index is -0.0000000417. The molecule has 0 aliphatic rings. The van der Waals surface area contributed by atoms with Crippen LogP contribution in [0.15, 0.2) is 0 Å². The van der Waals surface area contributed by atoms with E-state index in [-0.39, 0.29) is 32.5 Å². The van der Waals surface area contributed by atoms with Gasteiger partial charge in [0.05, 0.1) is 0 Å². The van der Waals surface area contributed by atoms with Gasteiger partial charge in [-0.25, -0.2) is 0 Å². The molecule has 0 unspecified atom stereocenters. The second-order valence-electron chi connectivity index (χ2n) is 0.826. The summed E-state index contributed by atoms with van der Waals surface area (Å²) in [4.78, 5) is 9.44. The number of aldehydes is 1. The Kier molecular flexibility index (Phi) is 14.3. The maximum absolute atomic E-state index is 9.44. The predicted molar refractivity (Wildman–Crippen MR) is 30.5 cm³/mol. The standard InChI is InChI=1S/C4H8O2.Mg.2H/c1-2-6-4-3-5;;;/h3H,2,4H2,1H3;;;/q;+2;2*-1. The molecule has 0 radical (unpaired) electrons. The zero-order chi connectivity index (χ0) is 4.83. The van der Waals surface area contributed by atoms with Crippen LogP contribution in [0.2, 0.25) is 0 Å². The molecule has 0 rings (SSSR count). The zero-order valence-corrected chi connectivity index (χ0v) is 5.93. The number of hydrogen-bond acceptors (Lipinski definition) is 2. The molecular formula is C4H10MgO2. The van der Waals surface area contributed by atoms with E-state index in [9.17, 15) is 4.79 Å². The molecule has 0 aromatic rings. The molecule has 0 aromatic heterocycles. The topological polar surface area (TPSA) is 26.3 Å². The molecule has 0 amide bonds. The molecule has 2 nitrogen and oxygen atoms in total. The Hall–Kier alpha value is 0.396. The van der Waals surface area contributed by atoms with Crippen LogP contribution >= 0.6 is 0 Å². The number of hydrogen-bond donors (Lipinski definition) is 0. The van der Waals surface area contributed by atoms with Crippen molar-refractivity contribution in [3.8, 4) is 0 Å². The molecule has 0 aliphatic heterocycles. The van der Waals surface area contributed by atoms with Gasteiger partial charge in [0.1, 0.15) is 12.9 Å². The van der Waals surface area contributed by atoms with E-state index in [0.29, 0.717) is 6.61 Å². The van der Waals surface area contributed by atoms with Crippen molar-refractivity contribution in [2.45, 2.75) is 6.92 Å². The summed E-state index contributed by atoms with van der Waals surface area (Å²) in [7, 11) is 0. The fourth-order valence-corrected chi connectivity index (χ4v) is 0.166. The third-order valence-electron chi connectivity index (χ3n) is 0.390. The minimum Gasteiger partial charge on any atom is -1.00 e. The van der Waals surface area contributed by atoms with Gasteiger partial charge in [-0.2, -0.15) is 0 Å². The van der Waals surface area contributed by atoms with Crippen LogP contribution < -0.4 is 0 Å². The number of rotatable bonds is 3. The van der Waals surface area contributed by atoms with E-state index in [1.165, 1.54) is 0 Å². The molecule has 0 saturated heterocycles. The van der Waals surface area contributed by atoms with Crippen molar-refractivity contribution in [1.29, 1.82) is 0 Å². The quantitative estimate of drug-likeness (QED) is 0.295. The first-order valence-electron chi connectivity index (χ1n) is 1.93. The number of ether oxygens (including phenoxy) is 1. The summed E-state index contributed by atoms with van der Waals surface area (Å²) in [6.45, 7) is 2.71. The Morgan fingerprint density at radius 3 is 2.57 bits per heavy atom. The second-order valence-corrected chi connectivity index (χ2v) is 0.826. The molecule has 0 N–H and O–H groups in total. The first-order chi connectivity index (χ1) is 2.91. The van der Waals surface area contributed by atoms with Crippen molar-refractivity contribution < 1.29 is 12.4 Å². The van der Waals surface area contributed by atoms with Crippen molar-refractivity contribution in [2.75, 3.05) is 13.2 Å². The normalized spacial score (nSPS) is 7.00. The van der Waals surface area contributed by atoms with Crippen LogP contribution in [0.4, 0.5) is 0 Å². The number of carbonyl (C=O) groups is 1. The van der Waals surface area contributed by atoms with Crippen molar-refractivity contribution in [1.82, 2.24) is 0 Å². The van der Waals surface area contributed by atoms with Gasteiger partial charge in [-0.15, -0.1) is 0 Å². The maximum Gasteiger partial charge on any atom is 2.00 e. The molecule has 0 bridgehead atoms. The summed E-state index contributed by atoms with van der Waals surface area (Å²) in [5, 5.41) is 0. The Morgan fingerprint density at radius 1 is 1.86 bits per heavy atom. The summed E-state index contributed by atoms with van der Waals surface area (Å²) in [6.07, 6.45) is 0.740. The SMILES string of the molecule is CCOCC=O.[H-].[H-].[Mg+2]. The third kappa shape index (κ3) is 10.7. The van der Waals surface area contributed by atoms with Crippen molar-refractivity contribution in [3.05, 3.63) is 0 Å². The summed E-state index contributed by atoms with van der Waals surface area (Å²) in [5.74, 6) is 0. The first-order valence-corrected chi connectivity index (χ1v) is 1.93. The van der Waals surface area contributed by atoms with Gasteiger partial charge >= 0.3 is 23.1 Å². The smallest absolute Gasteiger partial charge is 1.00 e. The van der Waals surface area contributed by atoms with Gasteiger partial charge in [-0.1, -0.05) is 0 Å². The van der Waals surface area contributed by atoms with E-state index >= 15 is 0 Å². The summed E-state index contributed by atoms with van der Waals surface area (Å²) in [5.41, 5.74) is 0. The fraction of sp³-hybridized carbons (Fsp3) is 0.750. The van der Waals surface area contributed by atoms with Crippen LogP contribution in [0.1, 0.15) is 9.78 Å². The van der Waals surface area contributed by atoms with E-state index in [1.54, 1.807) is 0 Å². The maximum atomic E-state index is 9.44. The monoisotopic (exact) mass is 114 g/mol. The number of carbonyl (C=O) groups excluding carboxylic acids is 1. The van der Waals surface area contributed by atoms with Gasteiger partial charge in [0.15, 0.2) is 0 Å². The van der Waals surface area contributed by atoms with Crippen molar-refractivity contribution in [3.63, 3.8) is 0 Å². The van der Waals surface area contributed by atoms with E-state index in [4.69, 9.17) is 0 Å².